The van der Waals surface area contributed by atoms with Crippen molar-refractivity contribution in [2.24, 2.45) is 0 Å². The number of alkyl halides is 3. The van der Waals surface area contributed by atoms with Crippen LogP contribution in [0.1, 0.15) is 5.56 Å². The minimum absolute atomic E-state index is 0.00941. The predicted molar refractivity (Wildman–Crippen MR) is 94.9 cm³/mol. The number of nitrogens with zero attached hydrogens (tertiary/aromatic N) is 1. The first kappa shape index (κ1) is 16.8. The monoisotopic (exact) mass is 407 g/mol. The normalized spacial score (nSPS) is 13.5. The molecule has 11 heteroatoms. The van der Waals surface area contributed by atoms with Gasteiger partial charge in [0.1, 0.15) is 9.53 Å². The van der Waals surface area contributed by atoms with Crippen LogP contribution < -0.4 is 20.7 Å². The molecule has 0 saturated carbocycles. The second-order valence-electron chi connectivity index (χ2n) is 6.02. The van der Waals surface area contributed by atoms with Gasteiger partial charge in [0.15, 0.2) is 11.5 Å². The lowest BCUT2D eigenvalue weighted by atomic mass is 10.1. The van der Waals surface area contributed by atoms with Crippen LogP contribution in [0.25, 0.3) is 31.7 Å². The largest absolute Gasteiger partial charge is 0.454 e. The number of aromatic nitrogens is 3. The summed E-state index contributed by atoms with van der Waals surface area (Å²) >= 11 is 0.781. The van der Waals surface area contributed by atoms with E-state index in [0.717, 1.165) is 17.4 Å². The number of rotatable bonds is 1. The minimum Gasteiger partial charge on any atom is -0.454 e. The number of hydrogen-bond donors (Lipinski definition) is 2. The molecular weight excluding hydrogens is 399 g/mol. The van der Waals surface area contributed by atoms with Crippen molar-refractivity contribution < 1.29 is 22.6 Å². The molecule has 4 heterocycles. The van der Waals surface area contributed by atoms with Crippen molar-refractivity contribution in [2.75, 3.05) is 6.79 Å². The van der Waals surface area contributed by atoms with Crippen LogP contribution in [-0.4, -0.2) is 21.7 Å². The highest BCUT2D eigenvalue weighted by Gasteiger charge is 2.35. The zero-order valence-electron chi connectivity index (χ0n) is 13.6. The molecule has 0 bridgehead atoms. The third-order valence-electron chi connectivity index (χ3n) is 4.31. The number of aromatic amines is 2. The van der Waals surface area contributed by atoms with E-state index in [1.54, 1.807) is 18.2 Å². The molecule has 1 aliphatic heterocycles. The summed E-state index contributed by atoms with van der Waals surface area (Å²) in [6.07, 6.45) is -4.72. The Labute approximate surface area is 156 Å². The van der Waals surface area contributed by atoms with E-state index in [4.69, 9.17) is 9.47 Å². The van der Waals surface area contributed by atoms with Crippen molar-refractivity contribution >= 4 is 31.8 Å². The van der Waals surface area contributed by atoms with E-state index >= 15 is 0 Å². The van der Waals surface area contributed by atoms with Crippen molar-refractivity contribution in [3.8, 4) is 22.8 Å². The lowest BCUT2D eigenvalue weighted by molar-refractivity contribution is -0.136. The van der Waals surface area contributed by atoms with E-state index in [9.17, 15) is 22.8 Å². The van der Waals surface area contributed by atoms with Gasteiger partial charge in [0.25, 0.3) is 5.56 Å². The van der Waals surface area contributed by atoms with E-state index < -0.39 is 23.0 Å². The molecule has 0 saturated heterocycles. The van der Waals surface area contributed by atoms with Gasteiger partial charge in [0, 0.05) is 10.9 Å². The summed E-state index contributed by atoms with van der Waals surface area (Å²) in [6.45, 7) is 0.0332. The Bertz CT molecular complexity index is 1390. The smallest absolute Gasteiger partial charge is 0.417 e. The highest BCUT2D eigenvalue weighted by atomic mass is 32.1. The Hall–Kier alpha value is -3.34. The van der Waals surface area contributed by atoms with Gasteiger partial charge in [-0.2, -0.15) is 13.2 Å². The highest BCUT2D eigenvalue weighted by Crippen LogP contribution is 2.42. The Kier molecular flexibility index (Phi) is 3.35. The summed E-state index contributed by atoms with van der Waals surface area (Å²) in [4.78, 5) is 32.2. The number of pyridine rings is 1. The first-order valence-electron chi connectivity index (χ1n) is 7.88. The fraction of sp³-hybridized carbons (Fsp3) is 0.118. The average Bonchev–Trinajstić information content (AvgIpc) is 3.23. The lowest BCUT2D eigenvalue weighted by Gasteiger charge is -2.11. The minimum atomic E-state index is -4.72. The molecule has 7 nitrogen and oxygen atoms in total. The molecule has 0 radical (unpaired) electrons. The Morgan fingerprint density at radius 2 is 1.86 bits per heavy atom. The summed E-state index contributed by atoms with van der Waals surface area (Å²) < 4.78 is 51.8. The molecule has 142 valence electrons. The SMILES string of the molecule is O=c1[nH]c(=O)c2sc3nc(-c4ccc5c(c4)OCO5)cc(C(F)(F)F)c3c2[nH]1. The van der Waals surface area contributed by atoms with Crippen molar-refractivity contribution in [3.63, 3.8) is 0 Å². The van der Waals surface area contributed by atoms with E-state index in [1.165, 1.54) is 0 Å². The van der Waals surface area contributed by atoms with Gasteiger partial charge in [0.2, 0.25) is 6.79 Å². The predicted octanol–water partition coefficient (Wildman–Crippen LogP) is 3.24. The number of thiophene rings is 1. The molecule has 4 aromatic rings. The maximum Gasteiger partial charge on any atom is 0.417 e. The third-order valence-corrected chi connectivity index (χ3v) is 5.39. The second kappa shape index (κ2) is 5.58. The number of nitrogens with one attached hydrogen (secondary N) is 2. The first-order valence-corrected chi connectivity index (χ1v) is 8.70. The number of halogens is 3. The van der Waals surface area contributed by atoms with E-state index in [0.29, 0.717) is 17.1 Å². The summed E-state index contributed by atoms with van der Waals surface area (Å²) in [6, 6.07) is 5.60. The number of fused-ring (bicyclic) bond motifs is 4. The van der Waals surface area contributed by atoms with Crippen LogP contribution in [0.3, 0.4) is 0 Å². The molecule has 0 fully saturated rings. The van der Waals surface area contributed by atoms with Crippen LogP contribution in [0.15, 0.2) is 33.9 Å². The summed E-state index contributed by atoms with van der Waals surface area (Å²) in [5.41, 5.74) is -2.35. The topological polar surface area (TPSA) is 97.1 Å². The van der Waals surface area contributed by atoms with E-state index in [1.807, 2.05) is 4.98 Å². The fourth-order valence-electron chi connectivity index (χ4n) is 3.11. The van der Waals surface area contributed by atoms with Crippen LogP contribution in [0.2, 0.25) is 0 Å². The van der Waals surface area contributed by atoms with Gasteiger partial charge in [-0.15, -0.1) is 11.3 Å². The summed E-state index contributed by atoms with van der Waals surface area (Å²) in [5.74, 6) is 0.900. The Morgan fingerprint density at radius 3 is 2.64 bits per heavy atom. The summed E-state index contributed by atoms with van der Waals surface area (Å²) in [7, 11) is 0. The molecule has 2 N–H and O–H groups in total. The van der Waals surface area contributed by atoms with Gasteiger partial charge < -0.3 is 14.5 Å². The quantitative estimate of drug-likeness (QED) is 0.505. The van der Waals surface area contributed by atoms with Gasteiger partial charge in [-0.1, -0.05) is 0 Å². The van der Waals surface area contributed by atoms with Crippen molar-refractivity contribution in [2.45, 2.75) is 6.18 Å². The highest BCUT2D eigenvalue weighted by molar-refractivity contribution is 7.25. The number of hydrogen-bond acceptors (Lipinski definition) is 6. The van der Waals surface area contributed by atoms with Crippen LogP contribution in [0, 0.1) is 0 Å². The number of benzene rings is 1. The molecule has 1 aromatic carbocycles. The first-order chi connectivity index (χ1) is 13.3. The standard InChI is InChI=1S/C17H8F3N3O4S/c18-17(19,20)7-4-8(6-1-2-9-10(3-6)27-5-26-9)21-15-11(7)12-13(28-15)14(24)23-16(25)22-12/h1-4H,5H2,(H2,22,23,24,25). The molecule has 3 aromatic heterocycles. The van der Waals surface area contributed by atoms with Crippen molar-refractivity contribution in [1.29, 1.82) is 0 Å². The van der Waals surface area contributed by atoms with Crippen LogP contribution in [0.4, 0.5) is 13.2 Å². The number of ether oxygens (including phenoxy) is 2. The van der Waals surface area contributed by atoms with Crippen molar-refractivity contribution in [1.82, 2.24) is 15.0 Å². The second-order valence-corrected chi connectivity index (χ2v) is 7.01. The van der Waals surface area contributed by atoms with Gasteiger partial charge in [-0.05, 0) is 24.3 Å². The zero-order valence-corrected chi connectivity index (χ0v) is 14.5. The van der Waals surface area contributed by atoms with E-state index in [-0.39, 0.29) is 32.9 Å². The molecule has 0 spiro atoms. The van der Waals surface area contributed by atoms with Gasteiger partial charge in [-0.25, -0.2) is 9.78 Å². The molecule has 0 atom stereocenters. The molecule has 1 aliphatic rings. The van der Waals surface area contributed by atoms with Crippen molar-refractivity contribution in [3.05, 3.63) is 50.7 Å². The van der Waals surface area contributed by atoms with Gasteiger partial charge >= 0.3 is 11.9 Å². The number of H-pyrrole nitrogens is 2. The van der Waals surface area contributed by atoms with Gasteiger partial charge in [0.05, 0.1) is 16.8 Å². The average molecular weight is 407 g/mol. The molecule has 0 amide bonds. The molecule has 0 unspecified atom stereocenters. The van der Waals surface area contributed by atoms with Crippen LogP contribution >= 0.6 is 11.3 Å². The molecular formula is C17H8F3N3O4S. The van der Waals surface area contributed by atoms with Crippen LogP contribution in [-0.2, 0) is 6.18 Å². The fourth-order valence-corrected chi connectivity index (χ4v) is 4.16. The molecule has 0 aliphatic carbocycles. The van der Waals surface area contributed by atoms with Gasteiger partial charge in [-0.3, -0.25) is 9.78 Å². The Morgan fingerprint density at radius 1 is 1.07 bits per heavy atom. The van der Waals surface area contributed by atoms with Crippen LogP contribution in [0.5, 0.6) is 11.5 Å². The third kappa shape index (κ3) is 2.47. The van der Waals surface area contributed by atoms with E-state index in [2.05, 4.69) is 9.97 Å². The Balaban J connectivity index is 1.86. The maximum atomic E-state index is 13.8. The molecule has 5 rings (SSSR count). The maximum absolute atomic E-state index is 13.8. The zero-order chi connectivity index (χ0) is 19.6. The molecule has 28 heavy (non-hydrogen) atoms. The lowest BCUT2D eigenvalue weighted by Crippen LogP contribution is -2.20. The summed E-state index contributed by atoms with van der Waals surface area (Å²) in [5, 5.41) is -0.305.